The number of hydrogen-bond acceptors (Lipinski definition) is 5. The van der Waals surface area contributed by atoms with Gasteiger partial charge in [-0.3, -0.25) is 4.79 Å². The van der Waals surface area contributed by atoms with E-state index < -0.39 is 43.4 Å². The minimum absolute atomic E-state index is 0.365. The first-order valence-electron chi connectivity index (χ1n) is 7.20. The van der Waals surface area contributed by atoms with Crippen LogP contribution >= 0.6 is 0 Å². The maximum Gasteiger partial charge on any atom is 0.449 e. The Labute approximate surface area is 128 Å². The lowest BCUT2D eigenvalue weighted by molar-refractivity contribution is -0.490. The summed E-state index contributed by atoms with van der Waals surface area (Å²) < 4.78 is 77.7. The second-order valence-electron chi connectivity index (χ2n) is 5.67. The van der Waals surface area contributed by atoms with Crippen molar-refractivity contribution in [1.29, 1.82) is 0 Å². The van der Waals surface area contributed by atoms with Crippen LogP contribution in [0.3, 0.4) is 0 Å². The summed E-state index contributed by atoms with van der Waals surface area (Å²) in [6.45, 7) is -2.50. The molecule has 1 N–H and O–H groups in total. The molecule has 1 heterocycles. The summed E-state index contributed by atoms with van der Waals surface area (Å²) in [7, 11) is 0. The smallest absolute Gasteiger partial charge is 0.449 e. The van der Waals surface area contributed by atoms with Gasteiger partial charge in [0.25, 0.3) is 0 Å². The molecule has 10 heteroatoms. The van der Waals surface area contributed by atoms with Crippen molar-refractivity contribution in [3.63, 3.8) is 0 Å². The van der Waals surface area contributed by atoms with Crippen LogP contribution in [0.2, 0.25) is 0 Å². The Bertz CT molecular complexity index is 435. The Kier molecular flexibility index (Phi) is 5.17. The van der Waals surface area contributed by atoms with Crippen LogP contribution in [0, 0.1) is 5.92 Å². The fourth-order valence-electron chi connectivity index (χ4n) is 2.57. The first-order valence-corrected chi connectivity index (χ1v) is 7.20. The molecule has 2 unspecified atom stereocenters. The lowest BCUT2D eigenvalue weighted by Crippen LogP contribution is -2.67. The summed E-state index contributed by atoms with van der Waals surface area (Å²) in [5, 5.41) is 9.20. The number of esters is 1. The fourth-order valence-corrected chi connectivity index (χ4v) is 2.57. The number of halogens is 5. The largest absolute Gasteiger partial charge is 0.460 e. The summed E-state index contributed by atoms with van der Waals surface area (Å²) in [6, 6.07) is 0. The second-order valence-corrected chi connectivity index (χ2v) is 5.67. The van der Waals surface area contributed by atoms with Gasteiger partial charge < -0.3 is 19.3 Å². The van der Waals surface area contributed by atoms with Crippen LogP contribution in [-0.4, -0.2) is 48.5 Å². The maximum absolute atomic E-state index is 13.3. The summed E-state index contributed by atoms with van der Waals surface area (Å²) in [6.07, 6.45) is -3.76. The standard InChI is InChI=1S/C13H17F5O5/c14-11(15)7-22-9(23-12(11,20)13(16,17)18)6-21-10(19)8-4-2-1-3-5-8/h8-9,20H,1-7H2. The molecule has 5 nitrogen and oxygen atoms in total. The van der Waals surface area contributed by atoms with Crippen LogP contribution in [0.5, 0.6) is 0 Å². The maximum atomic E-state index is 13.3. The van der Waals surface area contributed by atoms with Gasteiger partial charge in [0, 0.05) is 0 Å². The first-order chi connectivity index (χ1) is 10.6. The van der Waals surface area contributed by atoms with Crippen LogP contribution in [0.4, 0.5) is 22.0 Å². The first kappa shape index (κ1) is 18.3. The third kappa shape index (κ3) is 3.74. The van der Waals surface area contributed by atoms with Gasteiger partial charge in [0.15, 0.2) is 6.29 Å². The highest BCUT2D eigenvalue weighted by molar-refractivity contribution is 5.72. The predicted octanol–water partition coefficient (Wildman–Crippen LogP) is 2.37. The van der Waals surface area contributed by atoms with Gasteiger partial charge in [-0.15, -0.1) is 0 Å². The van der Waals surface area contributed by atoms with E-state index in [9.17, 15) is 31.9 Å². The quantitative estimate of drug-likeness (QED) is 0.627. The number of carbonyl (C=O) groups excluding carboxylic acids is 1. The molecule has 23 heavy (non-hydrogen) atoms. The molecule has 0 spiro atoms. The van der Waals surface area contributed by atoms with Crippen molar-refractivity contribution in [2.75, 3.05) is 13.2 Å². The highest BCUT2D eigenvalue weighted by Crippen LogP contribution is 2.46. The highest BCUT2D eigenvalue weighted by Gasteiger charge is 2.73. The van der Waals surface area contributed by atoms with Crippen LogP contribution in [0.15, 0.2) is 0 Å². The Balaban J connectivity index is 1.93. The number of carbonyl (C=O) groups is 1. The monoisotopic (exact) mass is 348 g/mol. The molecule has 0 aromatic rings. The lowest BCUT2D eigenvalue weighted by atomic mass is 9.89. The van der Waals surface area contributed by atoms with Crippen molar-refractivity contribution in [3.8, 4) is 0 Å². The zero-order chi connectivity index (χ0) is 17.3. The molecule has 2 rings (SSSR count). The molecule has 0 aromatic heterocycles. The van der Waals surface area contributed by atoms with Gasteiger partial charge in [-0.05, 0) is 12.8 Å². The third-order valence-electron chi connectivity index (χ3n) is 3.93. The molecule has 0 aromatic carbocycles. The molecule has 0 radical (unpaired) electrons. The molecule has 1 aliphatic carbocycles. The zero-order valence-electron chi connectivity index (χ0n) is 12.1. The minimum atomic E-state index is -5.73. The lowest BCUT2D eigenvalue weighted by Gasteiger charge is -2.42. The molecule has 1 saturated carbocycles. The molecule has 2 aliphatic rings. The van der Waals surface area contributed by atoms with Crippen LogP contribution in [0.25, 0.3) is 0 Å². The van der Waals surface area contributed by atoms with E-state index in [2.05, 4.69) is 9.47 Å². The zero-order valence-corrected chi connectivity index (χ0v) is 12.1. The molecule has 134 valence electrons. The van der Waals surface area contributed by atoms with E-state index in [4.69, 9.17) is 4.74 Å². The Hall–Kier alpha value is -1.00. The third-order valence-corrected chi connectivity index (χ3v) is 3.93. The normalized spacial score (nSPS) is 32.5. The van der Waals surface area contributed by atoms with Crippen LogP contribution in [-0.2, 0) is 19.0 Å². The number of alkyl halides is 5. The van der Waals surface area contributed by atoms with E-state index in [1.54, 1.807) is 0 Å². The summed E-state index contributed by atoms with van der Waals surface area (Å²) in [5.41, 5.74) is 0. The second kappa shape index (κ2) is 6.48. The van der Waals surface area contributed by atoms with Crippen LogP contribution in [0.1, 0.15) is 32.1 Å². The number of aliphatic hydroxyl groups is 1. The van der Waals surface area contributed by atoms with Gasteiger partial charge in [-0.25, -0.2) is 0 Å². The van der Waals surface area contributed by atoms with Crippen LogP contribution < -0.4 is 0 Å². The van der Waals surface area contributed by atoms with Gasteiger partial charge in [-0.2, -0.15) is 22.0 Å². The number of rotatable bonds is 3. The van der Waals surface area contributed by atoms with Gasteiger partial charge >= 0.3 is 23.9 Å². The topological polar surface area (TPSA) is 65.0 Å². The summed E-state index contributed by atoms with van der Waals surface area (Å²) in [4.78, 5) is 11.8. The van der Waals surface area contributed by atoms with Gasteiger partial charge in [0.2, 0.25) is 0 Å². The molecular weight excluding hydrogens is 331 g/mol. The highest BCUT2D eigenvalue weighted by atomic mass is 19.4. The molecule has 1 aliphatic heterocycles. The number of hydrogen-bond donors (Lipinski definition) is 1. The Morgan fingerprint density at radius 1 is 1.22 bits per heavy atom. The Morgan fingerprint density at radius 3 is 2.39 bits per heavy atom. The van der Waals surface area contributed by atoms with E-state index in [-0.39, 0.29) is 5.92 Å². The average Bonchev–Trinajstić information content (AvgIpc) is 2.48. The van der Waals surface area contributed by atoms with E-state index in [0.29, 0.717) is 12.8 Å². The molecule has 0 bridgehead atoms. The number of ether oxygens (including phenoxy) is 3. The van der Waals surface area contributed by atoms with E-state index in [0.717, 1.165) is 19.3 Å². The van der Waals surface area contributed by atoms with Crippen molar-refractivity contribution in [2.45, 2.75) is 56.3 Å². The molecule has 1 saturated heterocycles. The van der Waals surface area contributed by atoms with E-state index >= 15 is 0 Å². The average molecular weight is 348 g/mol. The molecule has 0 amide bonds. The van der Waals surface area contributed by atoms with E-state index in [1.165, 1.54) is 0 Å². The van der Waals surface area contributed by atoms with Crippen molar-refractivity contribution in [3.05, 3.63) is 0 Å². The molecule has 2 fully saturated rings. The Morgan fingerprint density at radius 2 is 1.83 bits per heavy atom. The fraction of sp³-hybridized carbons (Fsp3) is 0.923. The molecule has 2 atom stereocenters. The van der Waals surface area contributed by atoms with E-state index in [1.807, 2.05) is 0 Å². The van der Waals surface area contributed by atoms with Gasteiger partial charge in [-0.1, -0.05) is 19.3 Å². The summed E-state index contributed by atoms with van der Waals surface area (Å²) >= 11 is 0. The molecular formula is C13H17F5O5. The van der Waals surface area contributed by atoms with Gasteiger partial charge in [0.05, 0.1) is 5.92 Å². The summed E-state index contributed by atoms with van der Waals surface area (Å²) in [5.74, 6) is -10.4. The van der Waals surface area contributed by atoms with Gasteiger partial charge in [0.1, 0.15) is 13.2 Å². The minimum Gasteiger partial charge on any atom is -0.460 e. The SMILES string of the molecule is O=C(OCC1OCC(F)(F)C(O)(C(F)(F)F)O1)C1CCCCC1. The van der Waals surface area contributed by atoms with Crippen molar-refractivity contribution in [2.24, 2.45) is 5.92 Å². The van der Waals surface area contributed by atoms with Crippen molar-refractivity contribution in [1.82, 2.24) is 0 Å². The van der Waals surface area contributed by atoms with Crippen molar-refractivity contribution < 1.29 is 46.1 Å². The van der Waals surface area contributed by atoms with Crippen molar-refractivity contribution >= 4 is 5.97 Å². The predicted molar refractivity (Wildman–Crippen MR) is 64.3 cm³/mol.